The molecule has 1 amide bonds. The van der Waals surface area contributed by atoms with E-state index in [9.17, 15) is 14.4 Å². The fourth-order valence-corrected chi connectivity index (χ4v) is 2.95. The van der Waals surface area contributed by atoms with E-state index in [-0.39, 0.29) is 17.4 Å². The van der Waals surface area contributed by atoms with E-state index in [4.69, 9.17) is 0 Å². The summed E-state index contributed by atoms with van der Waals surface area (Å²) in [6, 6.07) is 7.31. The molecule has 28 heavy (non-hydrogen) atoms. The lowest BCUT2D eigenvalue weighted by atomic mass is 9.97. The maximum Gasteiger partial charge on any atom is 0.275 e. The molecule has 0 fully saturated rings. The summed E-state index contributed by atoms with van der Waals surface area (Å²) in [5.74, 6) is -0.791. The number of aryl methyl sites for hydroxylation is 1. The quantitative estimate of drug-likeness (QED) is 0.647. The molecule has 2 aromatic rings. The number of H-pyrrole nitrogens is 1. The van der Waals surface area contributed by atoms with Crippen molar-refractivity contribution in [3.05, 3.63) is 57.3 Å². The molecular weight excluding hydrogens is 356 g/mol. The van der Waals surface area contributed by atoms with Crippen LogP contribution >= 0.6 is 0 Å². The molecule has 2 atom stereocenters. The van der Waals surface area contributed by atoms with Crippen LogP contribution in [0.15, 0.2) is 29.1 Å². The van der Waals surface area contributed by atoms with Crippen LogP contribution in [0.1, 0.15) is 68.7 Å². The van der Waals surface area contributed by atoms with Crippen molar-refractivity contribution in [2.75, 3.05) is 0 Å². The first kappa shape index (κ1) is 21.5. The number of hydrogen-bond donors (Lipinski definition) is 2. The topological polar surface area (TPSA) is 105 Å². The summed E-state index contributed by atoms with van der Waals surface area (Å²) < 4.78 is 0. The second-order valence-electron chi connectivity index (χ2n) is 7.18. The summed E-state index contributed by atoms with van der Waals surface area (Å²) in [7, 11) is 0. The zero-order valence-corrected chi connectivity index (χ0v) is 16.9. The number of carbonyl (C=O) groups is 2. The maximum atomic E-state index is 12.4. The molecule has 150 valence electrons. The highest BCUT2D eigenvalue weighted by Crippen LogP contribution is 2.13. The van der Waals surface area contributed by atoms with Gasteiger partial charge in [-0.2, -0.15) is 0 Å². The van der Waals surface area contributed by atoms with Crippen molar-refractivity contribution in [1.82, 2.24) is 20.5 Å². The van der Waals surface area contributed by atoms with E-state index < -0.39 is 17.5 Å². The van der Waals surface area contributed by atoms with Crippen molar-refractivity contribution in [1.29, 1.82) is 0 Å². The lowest BCUT2D eigenvalue weighted by Crippen LogP contribution is -2.38. The zero-order chi connectivity index (χ0) is 20.7. The molecule has 7 nitrogen and oxygen atoms in total. The van der Waals surface area contributed by atoms with Crippen LogP contribution in [-0.4, -0.2) is 26.9 Å². The fourth-order valence-electron chi connectivity index (χ4n) is 2.95. The maximum absolute atomic E-state index is 12.4. The van der Waals surface area contributed by atoms with Gasteiger partial charge in [0.25, 0.3) is 5.56 Å². The molecule has 0 aliphatic rings. The predicted octanol–water partition coefficient (Wildman–Crippen LogP) is 2.64. The van der Waals surface area contributed by atoms with Gasteiger partial charge < -0.3 is 10.3 Å². The Morgan fingerprint density at radius 1 is 1.18 bits per heavy atom. The van der Waals surface area contributed by atoms with Crippen LogP contribution in [0.5, 0.6) is 0 Å². The van der Waals surface area contributed by atoms with Crippen LogP contribution in [0.3, 0.4) is 0 Å². The van der Waals surface area contributed by atoms with Gasteiger partial charge in [0, 0.05) is 6.42 Å². The third kappa shape index (κ3) is 5.84. The van der Waals surface area contributed by atoms with E-state index in [0.717, 1.165) is 24.0 Å². The second-order valence-corrected chi connectivity index (χ2v) is 7.18. The molecule has 0 aliphatic carbocycles. The smallest absolute Gasteiger partial charge is 0.275 e. The number of aromatic nitrogens is 3. The summed E-state index contributed by atoms with van der Waals surface area (Å²) >= 11 is 0. The van der Waals surface area contributed by atoms with E-state index in [1.165, 1.54) is 6.92 Å². The van der Waals surface area contributed by atoms with Crippen LogP contribution in [0.4, 0.5) is 0 Å². The largest absolute Gasteiger partial charge is 0.347 e. The molecule has 1 aromatic carbocycles. The molecule has 7 heteroatoms. The number of unbranched alkanes of at least 4 members (excludes halogenated alkanes) is 1. The van der Waals surface area contributed by atoms with Gasteiger partial charge in [-0.1, -0.05) is 49.6 Å². The van der Waals surface area contributed by atoms with Crippen LogP contribution in [0.2, 0.25) is 0 Å². The van der Waals surface area contributed by atoms with E-state index in [1.54, 1.807) is 6.92 Å². The minimum absolute atomic E-state index is 0.124. The van der Waals surface area contributed by atoms with Crippen LogP contribution in [-0.2, 0) is 16.0 Å². The molecule has 2 unspecified atom stereocenters. The van der Waals surface area contributed by atoms with Gasteiger partial charge in [0.15, 0.2) is 0 Å². The summed E-state index contributed by atoms with van der Waals surface area (Å²) in [4.78, 5) is 39.3. The van der Waals surface area contributed by atoms with E-state index in [1.807, 2.05) is 38.1 Å². The molecular formula is C21H28N4O3. The number of amides is 1. The number of rotatable bonds is 9. The third-order valence-corrected chi connectivity index (χ3v) is 4.68. The van der Waals surface area contributed by atoms with Crippen LogP contribution in [0.25, 0.3) is 0 Å². The average molecular weight is 384 g/mol. The molecule has 1 aromatic heterocycles. The first-order valence-electron chi connectivity index (χ1n) is 9.64. The van der Waals surface area contributed by atoms with Crippen LogP contribution in [0, 0.1) is 12.8 Å². The minimum Gasteiger partial charge on any atom is -0.347 e. The summed E-state index contributed by atoms with van der Waals surface area (Å²) in [6.45, 7) is 7.09. The monoisotopic (exact) mass is 384 g/mol. The summed E-state index contributed by atoms with van der Waals surface area (Å²) in [6.07, 6.45) is 2.66. The van der Waals surface area contributed by atoms with Crippen molar-refractivity contribution in [3.8, 4) is 0 Å². The zero-order valence-electron chi connectivity index (χ0n) is 16.9. The van der Waals surface area contributed by atoms with E-state index in [2.05, 4.69) is 20.5 Å². The molecule has 2 N–H and O–H groups in total. The number of aromatic amines is 1. The van der Waals surface area contributed by atoms with Gasteiger partial charge in [-0.15, -0.1) is 10.2 Å². The van der Waals surface area contributed by atoms with Gasteiger partial charge in [0.2, 0.25) is 5.91 Å². The number of Topliss-reactive ketones (excluding diaryl/α,β-unsaturated/α-hetero) is 1. The van der Waals surface area contributed by atoms with Crippen molar-refractivity contribution < 1.29 is 9.59 Å². The molecule has 0 saturated heterocycles. The minimum atomic E-state index is -0.699. The van der Waals surface area contributed by atoms with Gasteiger partial charge in [-0.05, 0) is 32.8 Å². The SMILES string of the molecule is CCCCC(C(C)=O)C(=O)NC(C)c1nnc(Cc2ccc(C)cc2)[nH]c1=O. The standard InChI is InChI=1S/C21H28N4O3/c1-5-6-7-17(15(4)26)20(27)22-14(3)19-21(28)23-18(24-25-19)12-16-10-8-13(2)9-11-16/h8-11,14,17H,5-7,12H2,1-4H3,(H,22,27)(H,23,24,28). The number of nitrogens with zero attached hydrogens (tertiary/aromatic N) is 2. The highest BCUT2D eigenvalue weighted by Gasteiger charge is 2.25. The van der Waals surface area contributed by atoms with Gasteiger partial charge in [0.05, 0.1) is 12.0 Å². The number of benzene rings is 1. The van der Waals surface area contributed by atoms with Crippen molar-refractivity contribution in [2.24, 2.45) is 5.92 Å². The molecule has 0 radical (unpaired) electrons. The molecule has 2 rings (SSSR count). The number of ketones is 1. The first-order valence-corrected chi connectivity index (χ1v) is 9.64. The Bertz CT molecular complexity index is 874. The summed E-state index contributed by atoms with van der Waals surface area (Å²) in [5, 5.41) is 10.8. The Balaban J connectivity index is 2.07. The van der Waals surface area contributed by atoms with Gasteiger partial charge in [-0.25, -0.2) is 0 Å². The number of hydrogen-bond acceptors (Lipinski definition) is 5. The van der Waals surface area contributed by atoms with Crippen LogP contribution < -0.4 is 10.9 Å². The van der Waals surface area contributed by atoms with E-state index in [0.29, 0.717) is 18.7 Å². The highest BCUT2D eigenvalue weighted by atomic mass is 16.2. The average Bonchev–Trinajstić information content (AvgIpc) is 2.63. The lowest BCUT2D eigenvalue weighted by molar-refractivity contribution is -0.133. The highest BCUT2D eigenvalue weighted by molar-refractivity contribution is 6.00. The van der Waals surface area contributed by atoms with Crippen molar-refractivity contribution in [2.45, 2.75) is 59.4 Å². The Morgan fingerprint density at radius 3 is 2.43 bits per heavy atom. The predicted molar refractivity (Wildman–Crippen MR) is 107 cm³/mol. The first-order chi connectivity index (χ1) is 13.3. The van der Waals surface area contributed by atoms with Gasteiger partial charge in [0.1, 0.15) is 17.3 Å². The fraction of sp³-hybridized carbons (Fsp3) is 0.476. The Morgan fingerprint density at radius 2 is 1.86 bits per heavy atom. The third-order valence-electron chi connectivity index (χ3n) is 4.68. The number of nitrogens with one attached hydrogen (secondary N) is 2. The second kappa shape index (κ2) is 9.92. The van der Waals surface area contributed by atoms with Crippen molar-refractivity contribution >= 4 is 11.7 Å². The lowest BCUT2D eigenvalue weighted by Gasteiger charge is -2.17. The van der Waals surface area contributed by atoms with Gasteiger partial charge in [-0.3, -0.25) is 14.4 Å². The van der Waals surface area contributed by atoms with Crippen molar-refractivity contribution in [3.63, 3.8) is 0 Å². The summed E-state index contributed by atoms with van der Waals surface area (Å²) in [5.41, 5.74) is 1.91. The molecule has 0 aliphatic heterocycles. The Labute approximate surface area is 165 Å². The molecule has 0 bridgehead atoms. The normalized spacial score (nSPS) is 13.0. The molecule has 1 heterocycles. The number of carbonyl (C=O) groups excluding carboxylic acids is 2. The molecule has 0 saturated carbocycles. The Hall–Kier alpha value is -2.83. The van der Waals surface area contributed by atoms with E-state index >= 15 is 0 Å². The van der Waals surface area contributed by atoms with Gasteiger partial charge >= 0.3 is 0 Å². The Kier molecular flexibility index (Phi) is 7.61. The molecule has 0 spiro atoms.